The van der Waals surface area contributed by atoms with Gasteiger partial charge in [-0.05, 0) is 19.8 Å². The van der Waals surface area contributed by atoms with Gasteiger partial charge in [0.1, 0.15) is 17.0 Å². The number of carbonyl (C=O) groups is 1. The van der Waals surface area contributed by atoms with Crippen molar-refractivity contribution in [2.75, 3.05) is 57.4 Å². The van der Waals surface area contributed by atoms with Gasteiger partial charge in [-0.25, -0.2) is 4.98 Å². The molecule has 0 spiro atoms. The molecule has 0 saturated carbocycles. The average Bonchev–Trinajstić information content (AvgIpc) is 2.96. The summed E-state index contributed by atoms with van der Waals surface area (Å²) in [5.41, 5.74) is 1.33. The summed E-state index contributed by atoms with van der Waals surface area (Å²) < 4.78 is 10.8. The van der Waals surface area contributed by atoms with Crippen LogP contribution >= 0.6 is 0 Å². The van der Waals surface area contributed by atoms with Crippen LogP contribution in [-0.2, 0) is 16.0 Å². The molecule has 164 valence electrons. The van der Waals surface area contributed by atoms with Crippen molar-refractivity contribution in [3.05, 3.63) is 11.5 Å². The van der Waals surface area contributed by atoms with Crippen LogP contribution < -0.4 is 10.2 Å². The molecule has 30 heavy (non-hydrogen) atoms. The van der Waals surface area contributed by atoms with E-state index in [1.54, 1.807) is 0 Å². The second-order valence-electron chi connectivity index (χ2n) is 8.12. The Hall–Kier alpha value is -2.26. The molecular weight excluding hydrogens is 384 g/mol. The summed E-state index contributed by atoms with van der Waals surface area (Å²) in [6, 6.07) is 0. The third kappa shape index (κ3) is 5.26. The molecule has 2 aromatic rings. The van der Waals surface area contributed by atoms with Gasteiger partial charge in [0.25, 0.3) is 5.71 Å². The number of ether oxygens (including phenoxy) is 1. The van der Waals surface area contributed by atoms with Crippen LogP contribution in [-0.4, -0.2) is 78.4 Å². The molecule has 1 amide bonds. The number of aryl methyl sites for hydroxylation is 2. The number of anilines is 1. The molecule has 2 aromatic heterocycles. The normalized spacial score (nSPS) is 18.5. The average molecular weight is 417 g/mol. The summed E-state index contributed by atoms with van der Waals surface area (Å²) in [5.74, 6) is 1.57. The van der Waals surface area contributed by atoms with Gasteiger partial charge in [-0.2, -0.15) is 4.98 Å². The van der Waals surface area contributed by atoms with E-state index in [4.69, 9.17) is 14.2 Å². The fraction of sp³-hybridized carbons (Fsp3) is 0.714. The van der Waals surface area contributed by atoms with Crippen LogP contribution in [0.1, 0.15) is 43.6 Å². The Morgan fingerprint density at radius 3 is 2.60 bits per heavy atom. The SMILES string of the molecule is Cc1noc2nc(CCC(=O)NCCN3CCOCC3)nc(N3CCCCCC3)c12. The number of nitrogens with one attached hydrogen (secondary N) is 1. The summed E-state index contributed by atoms with van der Waals surface area (Å²) in [5, 5.41) is 8.00. The van der Waals surface area contributed by atoms with Crippen LogP contribution in [0.2, 0.25) is 0 Å². The molecule has 0 bridgehead atoms. The van der Waals surface area contributed by atoms with Crippen LogP contribution in [0.3, 0.4) is 0 Å². The van der Waals surface area contributed by atoms with Gasteiger partial charge in [0.15, 0.2) is 0 Å². The second kappa shape index (κ2) is 10.2. The highest BCUT2D eigenvalue weighted by molar-refractivity contribution is 5.88. The quantitative estimate of drug-likeness (QED) is 0.728. The monoisotopic (exact) mass is 416 g/mol. The van der Waals surface area contributed by atoms with E-state index in [2.05, 4.69) is 25.3 Å². The van der Waals surface area contributed by atoms with Gasteiger partial charge < -0.3 is 19.5 Å². The lowest BCUT2D eigenvalue weighted by Crippen LogP contribution is -2.41. The smallest absolute Gasteiger partial charge is 0.263 e. The van der Waals surface area contributed by atoms with Gasteiger partial charge >= 0.3 is 0 Å². The van der Waals surface area contributed by atoms with E-state index >= 15 is 0 Å². The number of hydrogen-bond acceptors (Lipinski definition) is 8. The molecule has 9 nitrogen and oxygen atoms in total. The lowest BCUT2D eigenvalue weighted by Gasteiger charge is -2.26. The van der Waals surface area contributed by atoms with Crippen molar-refractivity contribution in [2.24, 2.45) is 0 Å². The van der Waals surface area contributed by atoms with E-state index in [1.165, 1.54) is 12.8 Å². The third-order valence-electron chi connectivity index (χ3n) is 5.87. The molecule has 0 aromatic carbocycles. The standard InChI is InChI=1S/C21H32N6O3/c1-16-19-20(27-9-4-2-3-5-10-27)23-17(24-21(19)30-25-16)6-7-18(28)22-8-11-26-12-14-29-15-13-26/h2-15H2,1H3,(H,22,28). The molecular formula is C21H32N6O3. The highest BCUT2D eigenvalue weighted by Gasteiger charge is 2.21. The molecule has 2 saturated heterocycles. The van der Waals surface area contributed by atoms with Crippen LogP contribution in [0, 0.1) is 6.92 Å². The fourth-order valence-corrected chi connectivity index (χ4v) is 4.13. The van der Waals surface area contributed by atoms with Crippen molar-refractivity contribution < 1.29 is 14.1 Å². The van der Waals surface area contributed by atoms with Gasteiger partial charge in [-0.15, -0.1) is 0 Å². The van der Waals surface area contributed by atoms with Crippen LogP contribution in [0.4, 0.5) is 5.82 Å². The minimum absolute atomic E-state index is 0.0250. The lowest BCUT2D eigenvalue weighted by atomic mass is 10.2. The Morgan fingerprint density at radius 2 is 1.83 bits per heavy atom. The molecule has 9 heteroatoms. The molecule has 2 fully saturated rings. The van der Waals surface area contributed by atoms with Crippen LogP contribution in [0.25, 0.3) is 11.1 Å². The van der Waals surface area contributed by atoms with Gasteiger partial charge in [0, 0.05) is 52.1 Å². The van der Waals surface area contributed by atoms with Crippen LogP contribution in [0.5, 0.6) is 0 Å². The minimum atomic E-state index is 0.0250. The molecule has 2 aliphatic heterocycles. The largest absolute Gasteiger partial charge is 0.379 e. The van der Waals surface area contributed by atoms with E-state index < -0.39 is 0 Å². The summed E-state index contributed by atoms with van der Waals surface area (Å²) in [6.07, 6.45) is 5.68. The highest BCUT2D eigenvalue weighted by Crippen LogP contribution is 2.29. The predicted molar refractivity (Wildman–Crippen MR) is 114 cm³/mol. The maximum absolute atomic E-state index is 12.3. The third-order valence-corrected chi connectivity index (χ3v) is 5.87. The Balaban J connectivity index is 1.37. The van der Waals surface area contributed by atoms with Crippen LogP contribution in [0.15, 0.2) is 4.52 Å². The first-order valence-electron chi connectivity index (χ1n) is 11.2. The first-order valence-corrected chi connectivity index (χ1v) is 11.2. The first-order chi connectivity index (χ1) is 14.7. The number of morpholine rings is 1. The number of carbonyl (C=O) groups excluding carboxylic acids is 1. The zero-order valence-electron chi connectivity index (χ0n) is 17.9. The number of rotatable bonds is 7. The fourth-order valence-electron chi connectivity index (χ4n) is 4.13. The van der Waals surface area contributed by atoms with Crippen molar-refractivity contribution in [3.8, 4) is 0 Å². The Morgan fingerprint density at radius 1 is 1.07 bits per heavy atom. The Bertz CT molecular complexity index is 841. The lowest BCUT2D eigenvalue weighted by molar-refractivity contribution is -0.121. The van der Waals surface area contributed by atoms with E-state index in [9.17, 15) is 4.79 Å². The second-order valence-corrected chi connectivity index (χ2v) is 8.12. The highest BCUT2D eigenvalue weighted by atomic mass is 16.5. The predicted octanol–water partition coefficient (Wildman–Crippen LogP) is 1.69. The van der Waals surface area contributed by atoms with Gasteiger partial charge in [0.2, 0.25) is 5.91 Å². The number of aromatic nitrogens is 3. The molecule has 0 atom stereocenters. The number of amides is 1. The zero-order chi connectivity index (χ0) is 20.8. The van der Waals surface area contributed by atoms with Gasteiger partial charge in [-0.3, -0.25) is 9.69 Å². The maximum Gasteiger partial charge on any atom is 0.263 e. The van der Waals surface area contributed by atoms with Crippen molar-refractivity contribution in [1.29, 1.82) is 0 Å². The topological polar surface area (TPSA) is 96.6 Å². The minimum Gasteiger partial charge on any atom is -0.379 e. The van der Waals surface area contributed by atoms with E-state index in [-0.39, 0.29) is 5.91 Å². The van der Waals surface area contributed by atoms with Gasteiger partial charge in [-0.1, -0.05) is 18.0 Å². The summed E-state index contributed by atoms with van der Waals surface area (Å²) >= 11 is 0. The first kappa shape index (κ1) is 21.0. The molecule has 0 unspecified atom stereocenters. The summed E-state index contributed by atoms with van der Waals surface area (Å²) in [6.45, 7) is 8.81. The van der Waals surface area contributed by atoms with E-state index in [1.807, 2.05) is 6.92 Å². The maximum atomic E-state index is 12.3. The molecule has 0 radical (unpaired) electrons. The summed E-state index contributed by atoms with van der Waals surface area (Å²) in [7, 11) is 0. The molecule has 0 aliphatic carbocycles. The number of fused-ring (bicyclic) bond motifs is 1. The molecule has 4 heterocycles. The van der Waals surface area contributed by atoms with E-state index in [0.29, 0.717) is 30.9 Å². The van der Waals surface area contributed by atoms with Gasteiger partial charge in [0.05, 0.1) is 18.9 Å². The van der Waals surface area contributed by atoms with Crippen molar-refractivity contribution in [1.82, 2.24) is 25.3 Å². The van der Waals surface area contributed by atoms with Crippen molar-refractivity contribution in [2.45, 2.75) is 45.4 Å². The molecule has 2 aliphatic rings. The Labute approximate surface area is 177 Å². The van der Waals surface area contributed by atoms with Crippen molar-refractivity contribution in [3.63, 3.8) is 0 Å². The Kier molecular flexibility index (Phi) is 7.11. The number of nitrogens with zero attached hydrogens (tertiary/aromatic N) is 5. The molecule has 4 rings (SSSR count). The number of hydrogen-bond donors (Lipinski definition) is 1. The summed E-state index contributed by atoms with van der Waals surface area (Å²) in [4.78, 5) is 26.3. The molecule has 1 N–H and O–H groups in total. The van der Waals surface area contributed by atoms with E-state index in [0.717, 1.165) is 75.7 Å². The zero-order valence-corrected chi connectivity index (χ0v) is 17.9. The van der Waals surface area contributed by atoms with Crippen molar-refractivity contribution >= 4 is 22.8 Å².